The average molecular weight is 588 g/mol. The van der Waals surface area contributed by atoms with E-state index >= 15 is 4.39 Å². The van der Waals surface area contributed by atoms with E-state index in [1.807, 2.05) is 59.5 Å². The van der Waals surface area contributed by atoms with Gasteiger partial charge in [-0.05, 0) is 65.4 Å². The number of nitrogens with zero attached hydrogens (tertiary/aromatic N) is 2. The Morgan fingerprint density at radius 2 is 1.56 bits per heavy atom. The molecule has 1 heterocycles. The van der Waals surface area contributed by atoms with Gasteiger partial charge in [-0.1, -0.05) is 76.6 Å². The van der Waals surface area contributed by atoms with Crippen molar-refractivity contribution in [1.82, 2.24) is 4.90 Å². The third kappa shape index (κ3) is 6.51. The van der Waals surface area contributed by atoms with Crippen LogP contribution in [0.15, 0.2) is 95.5 Å². The summed E-state index contributed by atoms with van der Waals surface area (Å²) in [6.45, 7) is 2.59. The Kier molecular flexibility index (Phi) is 8.62. The number of rotatable bonds is 8. The molecule has 0 saturated carbocycles. The van der Waals surface area contributed by atoms with E-state index < -0.39 is 0 Å². The van der Waals surface area contributed by atoms with Gasteiger partial charge >= 0.3 is 0 Å². The SMILES string of the molecule is COc1ccc(Br)cc1CCc1c(F)cccc1N1CCN(C(=O)Cc2ccc(-c3ccccc3)cc2)CC1. The smallest absolute Gasteiger partial charge is 0.227 e. The molecule has 1 aliphatic heterocycles. The van der Waals surface area contributed by atoms with Gasteiger partial charge in [-0.3, -0.25) is 4.79 Å². The number of amides is 1. The molecule has 0 spiro atoms. The maximum Gasteiger partial charge on any atom is 0.227 e. The number of ether oxygens (including phenoxy) is 1. The van der Waals surface area contributed by atoms with Gasteiger partial charge in [-0.15, -0.1) is 0 Å². The molecule has 1 amide bonds. The van der Waals surface area contributed by atoms with Crippen LogP contribution in [0.25, 0.3) is 11.1 Å². The van der Waals surface area contributed by atoms with E-state index in [1.54, 1.807) is 13.2 Å². The molecule has 4 aromatic rings. The summed E-state index contributed by atoms with van der Waals surface area (Å²) in [4.78, 5) is 17.2. The van der Waals surface area contributed by atoms with Gasteiger partial charge in [0.05, 0.1) is 13.5 Å². The Morgan fingerprint density at radius 3 is 2.28 bits per heavy atom. The minimum absolute atomic E-state index is 0.128. The van der Waals surface area contributed by atoms with Crippen LogP contribution in [0, 0.1) is 5.82 Å². The maximum atomic E-state index is 15.0. The molecule has 0 bridgehead atoms. The molecule has 200 valence electrons. The van der Waals surface area contributed by atoms with Crippen LogP contribution in [-0.4, -0.2) is 44.1 Å². The summed E-state index contributed by atoms with van der Waals surface area (Å²) < 4.78 is 21.5. The molecular formula is C33H32BrFN2O2. The van der Waals surface area contributed by atoms with Gasteiger partial charge in [0.25, 0.3) is 0 Å². The summed E-state index contributed by atoms with van der Waals surface area (Å²) in [7, 11) is 1.65. The average Bonchev–Trinajstić information content (AvgIpc) is 2.97. The lowest BCUT2D eigenvalue weighted by Gasteiger charge is -2.37. The minimum Gasteiger partial charge on any atom is -0.496 e. The highest BCUT2D eigenvalue weighted by Gasteiger charge is 2.24. The van der Waals surface area contributed by atoms with E-state index in [2.05, 4.69) is 45.1 Å². The lowest BCUT2D eigenvalue weighted by Crippen LogP contribution is -2.49. The van der Waals surface area contributed by atoms with Crippen molar-refractivity contribution in [2.45, 2.75) is 19.3 Å². The predicted molar refractivity (Wildman–Crippen MR) is 159 cm³/mol. The summed E-state index contributed by atoms with van der Waals surface area (Å²) in [5.74, 6) is 0.736. The van der Waals surface area contributed by atoms with Gasteiger partial charge in [0.1, 0.15) is 11.6 Å². The fourth-order valence-corrected chi connectivity index (χ4v) is 5.63. The highest BCUT2D eigenvalue weighted by molar-refractivity contribution is 9.10. The highest BCUT2D eigenvalue weighted by atomic mass is 79.9. The monoisotopic (exact) mass is 586 g/mol. The van der Waals surface area contributed by atoms with E-state index in [4.69, 9.17) is 4.74 Å². The Balaban J connectivity index is 1.20. The first-order valence-corrected chi connectivity index (χ1v) is 14.1. The molecule has 1 saturated heterocycles. The van der Waals surface area contributed by atoms with Crippen molar-refractivity contribution in [2.24, 2.45) is 0 Å². The molecule has 1 fully saturated rings. The first kappa shape index (κ1) is 26.9. The zero-order valence-corrected chi connectivity index (χ0v) is 23.7. The number of anilines is 1. The van der Waals surface area contributed by atoms with E-state index in [-0.39, 0.29) is 11.7 Å². The minimum atomic E-state index is -0.195. The Hall–Kier alpha value is -3.64. The van der Waals surface area contributed by atoms with Gasteiger partial charge in [0, 0.05) is 41.9 Å². The highest BCUT2D eigenvalue weighted by Crippen LogP contribution is 2.29. The van der Waals surface area contributed by atoms with E-state index in [1.165, 1.54) is 11.6 Å². The molecular weight excluding hydrogens is 555 g/mol. The number of carbonyl (C=O) groups excluding carboxylic acids is 1. The number of methoxy groups -OCH3 is 1. The number of benzene rings is 4. The van der Waals surface area contributed by atoms with E-state index in [0.717, 1.165) is 32.6 Å². The number of hydrogen-bond donors (Lipinski definition) is 0. The van der Waals surface area contributed by atoms with Crippen molar-refractivity contribution in [2.75, 3.05) is 38.2 Å². The molecule has 0 N–H and O–H groups in total. The Bertz CT molecular complexity index is 1420. The second-order valence-corrected chi connectivity index (χ2v) is 10.7. The molecule has 0 unspecified atom stereocenters. The van der Waals surface area contributed by atoms with Gasteiger partial charge in [0.2, 0.25) is 5.91 Å². The summed E-state index contributed by atoms with van der Waals surface area (Å²) in [5, 5.41) is 0. The van der Waals surface area contributed by atoms with Gasteiger partial charge < -0.3 is 14.5 Å². The summed E-state index contributed by atoms with van der Waals surface area (Å²) in [5.41, 5.74) is 5.97. The standard InChI is InChI=1S/C33H32BrFN2O2/c1-39-32-17-15-28(34)23-27(32)14-16-29-30(35)8-5-9-31(29)36-18-20-37(21-19-36)33(38)22-24-10-12-26(13-11-24)25-6-3-2-4-7-25/h2-13,15,17,23H,14,16,18-22H2,1H3. The molecule has 0 aromatic heterocycles. The van der Waals surface area contributed by atoms with Crippen molar-refractivity contribution < 1.29 is 13.9 Å². The van der Waals surface area contributed by atoms with Crippen LogP contribution < -0.4 is 9.64 Å². The number of carbonyl (C=O) groups is 1. The van der Waals surface area contributed by atoms with Crippen LogP contribution in [0.5, 0.6) is 5.75 Å². The second-order valence-electron chi connectivity index (χ2n) is 9.80. The second kappa shape index (κ2) is 12.5. The van der Waals surface area contributed by atoms with Crippen LogP contribution in [0.4, 0.5) is 10.1 Å². The number of aryl methyl sites for hydroxylation is 1. The molecule has 0 atom stereocenters. The topological polar surface area (TPSA) is 32.8 Å². The van der Waals surface area contributed by atoms with Crippen LogP contribution in [0.3, 0.4) is 0 Å². The van der Waals surface area contributed by atoms with Crippen LogP contribution in [-0.2, 0) is 24.1 Å². The zero-order chi connectivity index (χ0) is 27.2. The number of hydrogen-bond acceptors (Lipinski definition) is 3. The van der Waals surface area contributed by atoms with Crippen molar-refractivity contribution in [3.05, 3.63) is 118 Å². The van der Waals surface area contributed by atoms with Gasteiger partial charge in [-0.25, -0.2) is 4.39 Å². The molecule has 4 nitrogen and oxygen atoms in total. The summed E-state index contributed by atoms with van der Waals surface area (Å²) >= 11 is 3.52. The summed E-state index contributed by atoms with van der Waals surface area (Å²) in [6.07, 6.45) is 1.61. The molecule has 6 heteroatoms. The molecule has 0 radical (unpaired) electrons. The molecule has 1 aliphatic rings. The van der Waals surface area contributed by atoms with Crippen molar-refractivity contribution in [1.29, 1.82) is 0 Å². The number of halogens is 2. The molecule has 5 rings (SSSR count). The van der Waals surface area contributed by atoms with Gasteiger partial charge in [0.15, 0.2) is 0 Å². The summed E-state index contributed by atoms with van der Waals surface area (Å²) in [6, 6.07) is 29.6. The first-order valence-electron chi connectivity index (χ1n) is 13.3. The normalized spacial score (nSPS) is 13.4. The maximum absolute atomic E-state index is 15.0. The lowest BCUT2D eigenvalue weighted by molar-refractivity contribution is -0.130. The number of piperazine rings is 1. The lowest BCUT2D eigenvalue weighted by atomic mass is 10.0. The third-order valence-electron chi connectivity index (χ3n) is 7.37. The quantitative estimate of drug-likeness (QED) is 0.224. The third-order valence-corrected chi connectivity index (χ3v) is 7.86. The van der Waals surface area contributed by atoms with Crippen LogP contribution >= 0.6 is 15.9 Å². The Morgan fingerprint density at radius 1 is 0.846 bits per heavy atom. The van der Waals surface area contributed by atoms with Gasteiger partial charge in [-0.2, -0.15) is 0 Å². The van der Waals surface area contributed by atoms with E-state index in [0.29, 0.717) is 51.0 Å². The fraction of sp³-hybridized carbons (Fsp3) is 0.242. The molecule has 0 aliphatic carbocycles. The van der Waals surface area contributed by atoms with Crippen LogP contribution in [0.1, 0.15) is 16.7 Å². The van der Waals surface area contributed by atoms with Crippen molar-refractivity contribution in [3.8, 4) is 16.9 Å². The van der Waals surface area contributed by atoms with Crippen molar-refractivity contribution >= 4 is 27.5 Å². The first-order chi connectivity index (χ1) is 19.0. The molecule has 4 aromatic carbocycles. The van der Waals surface area contributed by atoms with Crippen LogP contribution in [0.2, 0.25) is 0 Å². The molecule has 39 heavy (non-hydrogen) atoms. The largest absolute Gasteiger partial charge is 0.496 e. The van der Waals surface area contributed by atoms with Crippen molar-refractivity contribution in [3.63, 3.8) is 0 Å². The zero-order valence-electron chi connectivity index (χ0n) is 22.1. The Labute approximate surface area is 238 Å². The predicted octanol–water partition coefficient (Wildman–Crippen LogP) is 6.94. The fourth-order valence-electron chi connectivity index (χ4n) is 5.22. The van der Waals surface area contributed by atoms with E-state index in [9.17, 15) is 4.79 Å².